The standard InChI is InChI=1S/C28H34O2/c1-26(2,29)15-12-19-6-9-22-20(18-19)7-10-24-23(22)14-17-28(5)21(8-11-25(24)28)13-16-27(3,4)30/h6,8-9,18,23-25,29-30H,7,10-11,14,17H2,1-5H3/t23-,24-,25+,28-/m1/s1. The van der Waals surface area contributed by atoms with E-state index in [1.165, 1.54) is 29.5 Å². The molecule has 0 unspecified atom stereocenters. The van der Waals surface area contributed by atoms with Gasteiger partial charge in [0, 0.05) is 16.6 Å². The molecule has 4 rings (SSSR count). The second-order valence-corrected chi connectivity index (χ2v) is 10.8. The summed E-state index contributed by atoms with van der Waals surface area (Å²) in [7, 11) is 0. The fourth-order valence-electron chi connectivity index (χ4n) is 5.87. The zero-order valence-electron chi connectivity index (χ0n) is 19.0. The maximum atomic E-state index is 10.0. The lowest BCUT2D eigenvalue weighted by Gasteiger charge is -2.49. The summed E-state index contributed by atoms with van der Waals surface area (Å²) in [5.74, 6) is 14.4. The molecule has 0 saturated heterocycles. The molecule has 4 atom stereocenters. The molecule has 0 spiro atoms. The molecule has 0 heterocycles. The summed E-state index contributed by atoms with van der Waals surface area (Å²) in [6, 6.07) is 6.66. The topological polar surface area (TPSA) is 40.5 Å². The molecule has 0 bridgehead atoms. The van der Waals surface area contributed by atoms with Crippen LogP contribution in [0.4, 0.5) is 0 Å². The molecule has 0 amide bonds. The lowest BCUT2D eigenvalue weighted by atomic mass is 9.54. The Labute approximate surface area is 181 Å². The van der Waals surface area contributed by atoms with Gasteiger partial charge in [-0.1, -0.05) is 42.7 Å². The van der Waals surface area contributed by atoms with Gasteiger partial charge in [-0.05, 0) is 101 Å². The Balaban J connectivity index is 1.58. The molecule has 2 nitrogen and oxygen atoms in total. The van der Waals surface area contributed by atoms with Gasteiger partial charge in [0.25, 0.3) is 0 Å². The molecule has 3 aliphatic carbocycles. The van der Waals surface area contributed by atoms with Crippen molar-refractivity contribution in [3.63, 3.8) is 0 Å². The van der Waals surface area contributed by atoms with Crippen molar-refractivity contribution in [2.24, 2.45) is 17.3 Å². The first-order valence-corrected chi connectivity index (χ1v) is 11.3. The smallest absolute Gasteiger partial charge is 0.120 e. The van der Waals surface area contributed by atoms with E-state index in [0.29, 0.717) is 17.8 Å². The highest BCUT2D eigenvalue weighted by molar-refractivity contribution is 5.47. The van der Waals surface area contributed by atoms with Crippen LogP contribution in [0.1, 0.15) is 82.9 Å². The number of hydrogen-bond donors (Lipinski definition) is 2. The van der Waals surface area contributed by atoms with E-state index in [1.807, 2.05) is 0 Å². The molecule has 1 aromatic rings. The first-order chi connectivity index (χ1) is 14.0. The van der Waals surface area contributed by atoms with Crippen molar-refractivity contribution in [2.45, 2.75) is 83.8 Å². The predicted molar refractivity (Wildman–Crippen MR) is 122 cm³/mol. The number of allylic oxidation sites excluding steroid dienone is 2. The van der Waals surface area contributed by atoms with Gasteiger partial charge in [0.1, 0.15) is 11.2 Å². The number of benzene rings is 1. The third-order valence-electron chi connectivity index (χ3n) is 7.32. The highest BCUT2D eigenvalue weighted by Crippen LogP contribution is 2.60. The Morgan fingerprint density at radius 1 is 1.00 bits per heavy atom. The molecule has 0 radical (unpaired) electrons. The summed E-state index contributed by atoms with van der Waals surface area (Å²) >= 11 is 0. The predicted octanol–water partition coefficient (Wildman–Crippen LogP) is 4.98. The molecular weight excluding hydrogens is 368 g/mol. The van der Waals surface area contributed by atoms with Gasteiger partial charge in [-0.2, -0.15) is 0 Å². The minimum atomic E-state index is -0.962. The molecular formula is C28H34O2. The van der Waals surface area contributed by atoms with Crippen LogP contribution in [0.15, 0.2) is 29.8 Å². The molecule has 158 valence electrons. The van der Waals surface area contributed by atoms with E-state index in [1.54, 1.807) is 27.7 Å². The van der Waals surface area contributed by atoms with Crippen LogP contribution >= 0.6 is 0 Å². The molecule has 2 heteroatoms. The highest BCUT2D eigenvalue weighted by atomic mass is 16.3. The van der Waals surface area contributed by atoms with Gasteiger partial charge in [-0.3, -0.25) is 0 Å². The molecule has 1 aromatic carbocycles. The second-order valence-electron chi connectivity index (χ2n) is 10.8. The average molecular weight is 403 g/mol. The minimum Gasteiger partial charge on any atom is -0.378 e. The Morgan fingerprint density at radius 2 is 1.70 bits per heavy atom. The Bertz CT molecular complexity index is 994. The normalized spacial score (nSPS) is 30.0. The van der Waals surface area contributed by atoms with Crippen LogP contribution < -0.4 is 0 Å². The Morgan fingerprint density at radius 3 is 2.40 bits per heavy atom. The van der Waals surface area contributed by atoms with E-state index in [9.17, 15) is 10.2 Å². The fourth-order valence-corrected chi connectivity index (χ4v) is 5.87. The first-order valence-electron chi connectivity index (χ1n) is 11.3. The number of fused-ring (bicyclic) bond motifs is 5. The number of hydrogen-bond acceptors (Lipinski definition) is 2. The van der Waals surface area contributed by atoms with Gasteiger partial charge in [0.15, 0.2) is 0 Å². The molecule has 0 aromatic heterocycles. The maximum Gasteiger partial charge on any atom is 0.120 e. The average Bonchev–Trinajstić information content (AvgIpc) is 2.99. The van der Waals surface area contributed by atoms with Gasteiger partial charge in [0.2, 0.25) is 0 Å². The molecule has 2 N–H and O–H groups in total. The monoisotopic (exact) mass is 402 g/mol. The summed E-state index contributed by atoms with van der Waals surface area (Å²) in [6.07, 6.45) is 8.13. The molecule has 1 saturated carbocycles. The summed E-state index contributed by atoms with van der Waals surface area (Å²) in [4.78, 5) is 0. The van der Waals surface area contributed by atoms with E-state index in [-0.39, 0.29) is 5.41 Å². The van der Waals surface area contributed by atoms with Crippen molar-refractivity contribution in [3.05, 3.63) is 46.5 Å². The molecule has 1 fully saturated rings. The van der Waals surface area contributed by atoms with E-state index in [4.69, 9.17) is 0 Å². The summed E-state index contributed by atoms with van der Waals surface area (Å²) < 4.78 is 0. The van der Waals surface area contributed by atoms with Crippen molar-refractivity contribution < 1.29 is 10.2 Å². The lowest BCUT2D eigenvalue weighted by Crippen LogP contribution is -2.41. The minimum absolute atomic E-state index is 0.148. The van der Waals surface area contributed by atoms with Crippen LogP contribution in [0.2, 0.25) is 0 Å². The number of aryl methyl sites for hydroxylation is 1. The Hall–Kier alpha value is -2.00. The van der Waals surface area contributed by atoms with Crippen LogP contribution in [0.5, 0.6) is 0 Å². The molecule has 30 heavy (non-hydrogen) atoms. The van der Waals surface area contributed by atoms with Crippen molar-refractivity contribution in [3.8, 4) is 23.7 Å². The van der Waals surface area contributed by atoms with Gasteiger partial charge >= 0.3 is 0 Å². The maximum absolute atomic E-state index is 10.0. The van der Waals surface area contributed by atoms with Crippen molar-refractivity contribution in [1.82, 2.24) is 0 Å². The zero-order chi connectivity index (χ0) is 21.7. The fraction of sp³-hybridized carbons (Fsp3) is 0.571. The van der Waals surface area contributed by atoms with Crippen molar-refractivity contribution >= 4 is 0 Å². The summed E-state index contributed by atoms with van der Waals surface area (Å²) in [6.45, 7) is 9.35. The molecule has 3 aliphatic rings. The summed E-state index contributed by atoms with van der Waals surface area (Å²) in [5.41, 5.74) is 3.44. The highest BCUT2D eigenvalue weighted by Gasteiger charge is 2.51. The van der Waals surface area contributed by atoms with Crippen LogP contribution in [0.3, 0.4) is 0 Å². The van der Waals surface area contributed by atoms with Crippen LogP contribution in [0.25, 0.3) is 0 Å². The Kier molecular flexibility index (Phi) is 5.17. The van der Waals surface area contributed by atoms with Gasteiger partial charge in [0.05, 0.1) is 0 Å². The quantitative estimate of drug-likeness (QED) is 0.601. The van der Waals surface area contributed by atoms with Crippen LogP contribution in [-0.2, 0) is 6.42 Å². The molecule has 0 aliphatic heterocycles. The number of aliphatic hydroxyl groups is 2. The van der Waals surface area contributed by atoms with Crippen molar-refractivity contribution in [2.75, 3.05) is 0 Å². The number of rotatable bonds is 0. The van der Waals surface area contributed by atoms with E-state index < -0.39 is 11.2 Å². The summed E-state index contributed by atoms with van der Waals surface area (Å²) in [5, 5.41) is 19.9. The van der Waals surface area contributed by atoms with Gasteiger partial charge in [-0.25, -0.2) is 0 Å². The van der Waals surface area contributed by atoms with E-state index in [2.05, 4.69) is 54.9 Å². The lowest BCUT2D eigenvalue weighted by molar-refractivity contribution is 0.0780. The van der Waals surface area contributed by atoms with Crippen LogP contribution in [-0.4, -0.2) is 21.4 Å². The van der Waals surface area contributed by atoms with E-state index in [0.717, 1.165) is 24.8 Å². The van der Waals surface area contributed by atoms with Crippen molar-refractivity contribution in [1.29, 1.82) is 0 Å². The van der Waals surface area contributed by atoms with Crippen LogP contribution in [0, 0.1) is 40.9 Å². The largest absolute Gasteiger partial charge is 0.378 e. The van der Waals surface area contributed by atoms with Gasteiger partial charge in [-0.15, -0.1) is 0 Å². The second kappa shape index (κ2) is 7.30. The zero-order valence-corrected chi connectivity index (χ0v) is 19.0. The third-order valence-corrected chi connectivity index (χ3v) is 7.32. The van der Waals surface area contributed by atoms with E-state index >= 15 is 0 Å². The third kappa shape index (κ3) is 4.09. The van der Waals surface area contributed by atoms with Gasteiger partial charge < -0.3 is 10.2 Å². The first kappa shape index (κ1) is 21.2. The SMILES string of the molecule is CC(C)(O)C#CC1=CC[C@H]2[C@@H]3CCc4cc(C#CC(C)(C)O)ccc4[C@H]3CC[C@]12C.